The van der Waals surface area contributed by atoms with Crippen LogP contribution in [0.4, 0.5) is 5.69 Å². The van der Waals surface area contributed by atoms with Gasteiger partial charge >= 0.3 is 5.97 Å². The molecule has 0 aliphatic carbocycles. The number of anilines is 1. The molecule has 0 spiro atoms. The molecule has 0 bridgehead atoms. The van der Waals surface area contributed by atoms with Crippen molar-refractivity contribution in [3.63, 3.8) is 0 Å². The predicted octanol–water partition coefficient (Wildman–Crippen LogP) is 2.56. The number of nitrogens with zero attached hydrogens (tertiary/aromatic N) is 3. The van der Waals surface area contributed by atoms with E-state index in [2.05, 4.69) is 0 Å². The van der Waals surface area contributed by atoms with Gasteiger partial charge < -0.3 is 24.2 Å². The number of hydrogen-bond donors (Lipinski definition) is 0. The van der Waals surface area contributed by atoms with Crippen LogP contribution in [-0.2, 0) is 20.7 Å². The number of carbonyl (C=O) groups excluding carboxylic acids is 3. The lowest BCUT2D eigenvalue weighted by Gasteiger charge is -2.29. The molecule has 0 unspecified atom stereocenters. The minimum atomic E-state index is -0.992. The lowest BCUT2D eigenvalue weighted by molar-refractivity contribution is -0.154. The molecule has 2 aromatic carbocycles. The first-order valence-electron chi connectivity index (χ1n) is 11.2. The van der Waals surface area contributed by atoms with Gasteiger partial charge in [-0.1, -0.05) is 12.1 Å². The molecule has 0 radical (unpaired) electrons. The molecule has 3 rings (SSSR count). The fraction of sp³-hybridized carbons (Fsp3) is 0.423. The van der Waals surface area contributed by atoms with Crippen molar-refractivity contribution in [1.29, 1.82) is 0 Å². The lowest BCUT2D eigenvalue weighted by Crippen LogP contribution is -2.45. The number of fused-ring (bicyclic) bond motifs is 1. The quantitative estimate of drug-likeness (QED) is 0.583. The molecular formula is C26H33N3O5. The van der Waals surface area contributed by atoms with Gasteiger partial charge in [0.15, 0.2) is 6.10 Å². The summed E-state index contributed by atoms with van der Waals surface area (Å²) in [6.07, 6.45) is -0.563. The number of carbonyl (C=O) groups is 3. The molecule has 8 nitrogen and oxygen atoms in total. The summed E-state index contributed by atoms with van der Waals surface area (Å²) in [5.74, 6) is -0.632. The highest BCUT2D eigenvalue weighted by Crippen LogP contribution is 2.37. The van der Waals surface area contributed by atoms with Crippen LogP contribution in [0.3, 0.4) is 0 Å². The molecule has 0 aromatic heterocycles. The summed E-state index contributed by atoms with van der Waals surface area (Å²) >= 11 is 0. The van der Waals surface area contributed by atoms with E-state index in [1.165, 1.54) is 11.8 Å². The van der Waals surface area contributed by atoms with Crippen LogP contribution in [0, 0.1) is 0 Å². The number of rotatable bonds is 7. The van der Waals surface area contributed by atoms with Crippen LogP contribution in [-0.4, -0.2) is 82.1 Å². The molecule has 2 amide bonds. The summed E-state index contributed by atoms with van der Waals surface area (Å²) in [6.45, 7) is 2.37. The summed E-state index contributed by atoms with van der Waals surface area (Å²) in [5, 5.41) is 0. The smallest absolute Gasteiger partial charge is 0.303 e. The Labute approximate surface area is 201 Å². The zero-order valence-electron chi connectivity index (χ0n) is 20.7. The van der Waals surface area contributed by atoms with Crippen molar-refractivity contribution in [1.82, 2.24) is 9.80 Å². The number of amides is 2. The monoisotopic (exact) mass is 467 g/mol. The van der Waals surface area contributed by atoms with Gasteiger partial charge in [-0.3, -0.25) is 14.4 Å². The highest BCUT2D eigenvalue weighted by molar-refractivity contribution is 6.01. The summed E-state index contributed by atoms with van der Waals surface area (Å²) in [6, 6.07) is 12.8. The summed E-state index contributed by atoms with van der Waals surface area (Å²) in [5.41, 5.74) is 2.99. The third-order valence-electron chi connectivity index (χ3n) is 5.95. The molecular weight excluding hydrogens is 434 g/mol. The van der Waals surface area contributed by atoms with Gasteiger partial charge in [0.1, 0.15) is 5.75 Å². The van der Waals surface area contributed by atoms with Gasteiger partial charge in [0, 0.05) is 51.3 Å². The van der Waals surface area contributed by atoms with Gasteiger partial charge in [-0.25, -0.2) is 0 Å². The van der Waals surface area contributed by atoms with Crippen LogP contribution in [0.1, 0.15) is 34.3 Å². The second-order valence-electron chi connectivity index (χ2n) is 8.95. The van der Waals surface area contributed by atoms with E-state index in [4.69, 9.17) is 9.47 Å². The van der Waals surface area contributed by atoms with E-state index in [1.807, 2.05) is 55.4 Å². The molecule has 0 fully saturated rings. The molecule has 1 heterocycles. The Morgan fingerprint density at radius 3 is 2.29 bits per heavy atom. The van der Waals surface area contributed by atoms with E-state index in [-0.39, 0.29) is 11.8 Å². The van der Waals surface area contributed by atoms with Gasteiger partial charge in [0.25, 0.3) is 11.8 Å². The summed E-state index contributed by atoms with van der Waals surface area (Å²) in [4.78, 5) is 43.7. The van der Waals surface area contributed by atoms with E-state index in [9.17, 15) is 14.4 Å². The maximum absolute atomic E-state index is 13.8. The van der Waals surface area contributed by atoms with Crippen LogP contribution in [0.5, 0.6) is 5.75 Å². The highest BCUT2D eigenvalue weighted by atomic mass is 16.5. The van der Waals surface area contributed by atoms with Crippen LogP contribution < -0.4 is 9.64 Å². The van der Waals surface area contributed by atoms with E-state index in [0.29, 0.717) is 30.8 Å². The molecule has 0 N–H and O–H groups in total. The van der Waals surface area contributed by atoms with Gasteiger partial charge in [0.05, 0.1) is 7.11 Å². The van der Waals surface area contributed by atoms with E-state index in [0.717, 1.165) is 16.8 Å². The number of likely N-dealkylation sites (N-methyl/N-ethyl adjacent to an activating group) is 1. The van der Waals surface area contributed by atoms with Crippen molar-refractivity contribution >= 4 is 23.5 Å². The first-order valence-corrected chi connectivity index (χ1v) is 11.2. The Hall–Kier alpha value is -3.39. The van der Waals surface area contributed by atoms with Crippen molar-refractivity contribution in [2.45, 2.75) is 25.4 Å². The maximum Gasteiger partial charge on any atom is 0.303 e. The molecule has 182 valence electrons. The molecule has 0 saturated heterocycles. The molecule has 1 aliphatic heterocycles. The van der Waals surface area contributed by atoms with Crippen molar-refractivity contribution < 1.29 is 23.9 Å². The minimum absolute atomic E-state index is 0.115. The topological polar surface area (TPSA) is 79.4 Å². The molecule has 1 aliphatic rings. The van der Waals surface area contributed by atoms with Crippen LogP contribution >= 0.6 is 0 Å². The zero-order valence-corrected chi connectivity index (χ0v) is 20.7. The number of esters is 1. The van der Waals surface area contributed by atoms with Gasteiger partial charge in [-0.15, -0.1) is 0 Å². The number of ether oxygens (including phenoxy) is 2. The van der Waals surface area contributed by atoms with Gasteiger partial charge in [-0.05, 0) is 62.0 Å². The van der Waals surface area contributed by atoms with E-state index >= 15 is 0 Å². The largest absolute Gasteiger partial charge is 0.497 e. The van der Waals surface area contributed by atoms with Crippen LogP contribution in [0.2, 0.25) is 0 Å². The molecule has 34 heavy (non-hydrogen) atoms. The van der Waals surface area contributed by atoms with E-state index in [1.54, 1.807) is 32.2 Å². The number of benzene rings is 2. The van der Waals surface area contributed by atoms with Crippen LogP contribution in [0.25, 0.3) is 0 Å². The Bertz CT molecular complexity index is 1050. The maximum atomic E-state index is 13.8. The fourth-order valence-electron chi connectivity index (χ4n) is 4.18. The summed E-state index contributed by atoms with van der Waals surface area (Å²) in [7, 11) is 8.88. The van der Waals surface area contributed by atoms with Crippen LogP contribution in [0.15, 0.2) is 42.5 Å². The van der Waals surface area contributed by atoms with E-state index < -0.39 is 18.0 Å². The van der Waals surface area contributed by atoms with Crippen molar-refractivity contribution in [2.24, 2.45) is 0 Å². The van der Waals surface area contributed by atoms with Crippen molar-refractivity contribution in [3.05, 3.63) is 59.2 Å². The molecule has 8 heteroatoms. The fourth-order valence-corrected chi connectivity index (χ4v) is 4.18. The Kier molecular flexibility index (Phi) is 7.94. The molecule has 0 saturated carbocycles. The third-order valence-corrected chi connectivity index (χ3v) is 5.95. The lowest BCUT2D eigenvalue weighted by atomic mass is 9.87. The molecule has 2 atom stereocenters. The SMILES string of the molecule is COc1ccc([C@@H]2Cc3cc(C(=O)N(C)C)ccc3N(CCN(C)C)C(=O)[C@@H]2OC(C)=O)cc1. The average molecular weight is 468 g/mol. The number of hydrogen-bond acceptors (Lipinski definition) is 6. The molecule has 2 aromatic rings. The summed E-state index contributed by atoms with van der Waals surface area (Å²) < 4.78 is 10.9. The third kappa shape index (κ3) is 5.56. The standard InChI is InChI=1S/C26H33N3O5/c1-17(30)34-24-22(18-7-10-21(33-6)11-8-18)16-20-15-19(25(31)28(4)5)9-12-23(20)29(26(24)32)14-13-27(2)3/h7-12,15,22,24H,13-14,16H2,1-6H3/t22-,24+/m0/s1. The van der Waals surface area contributed by atoms with Gasteiger partial charge in [-0.2, -0.15) is 0 Å². The van der Waals surface area contributed by atoms with Gasteiger partial charge in [0.2, 0.25) is 0 Å². The normalized spacial score (nSPS) is 17.7. The zero-order chi connectivity index (χ0) is 25.0. The highest BCUT2D eigenvalue weighted by Gasteiger charge is 2.40. The average Bonchev–Trinajstić information content (AvgIpc) is 2.91. The van der Waals surface area contributed by atoms with Crippen molar-refractivity contribution in [2.75, 3.05) is 53.3 Å². The first kappa shape index (κ1) is 25.2. The predicted molar refractivity (Wildman–Crippen MR) is 130 cm³/mol. The Balaban J connectivity index is 2.15. The second kappa shape index (κ2) is 10.7. The Morgan fingerprint density at radius 1 is 1.06 bits per heavy atom. The first-order chi connectivity index (χ1) is 16.1. The minimum Gasteiger partial charge on any atom is -0.497 e. The van der Waals surface area contributed by atoms with Crippen molar-refractivity contribution in [3.8, 4) is 5.75 Å². The second-order valence-corrected chi connectivity index (χ2v) is 8.95. The Morgan fingerprint density at radius 2 is 1.74 bits per heavy atom. The number of methoxy groups -OCH3 is 1.